The summed E-state index contributed by atoms with van der Waals surface area (Å²) in [6, 6.07) is 6.48. The largest absolute Gasteiger partial charge is 0.382 e. The van der Waals surface area contributed by atoms with Crippen molar-refractivity contribution in [3.05, 3.63) is 29.3 Å². The second-order valence-electron chi connectivity index (χ2n) is 8.27. The molecular formula is C20H33N3O. The number of carbonyl (C=O) groups excluding carboxylic acids is 1. The summed E-state index contributed by atoms with van der Waals surface area (Å²) in [5.41, 5.74) is 9.04. The number of piperidine rings is 1. The maximum atomic E-state index is 13.0. The summed E-state index contributed by atoms with van der Waals surface area (Å²) < 4.78 is 0. The molecule has 4 heteroatoms. The van der Waals surface area contributed by atoms with E-state index in [1.807, 2.05) is 24.0 Å². The fraction of sp³-hybridized carbons (Fsp3) is 0.650. The standard InChI is InChI=1S/C20H33N3O/c1-13(2)15(4)22-17-9-7-8-16(14(17)3)19(24)23-11-10-18(21)20(5,6)12-23/h7-9,13,15,18,22H,10-12,21H2,1-6H3. The molecule has 1 heterocycles. The third-order valence-electron chi connectivity index (χ3n) is 5.55. The smallest absolute Gasteiger partial charge is 0.254 e. The number of hydrogen-bond donors (Lipinski definition) is 2. The van der Waals surface area contributed by atoms with Gasteiger partial charge >= 0.3 is 0 Å². The Morgan fingerprint density at radius 2 is 2.00 bits per heavy atom. The molecule has 1 fully saturated rings. The maximum Gasteiger partial charge on any atom is 0.254 e. The monoisotopic (exact) mass is 331 g/mol. The first-order valence-corrected chi connectivity index (χ1v) is 9.04. The molecule has 1 aromatic carbocycles. The number of benzene rings is 1. The van der Waals surface area contributed by atoms with Crippen molar-refractivity contribution in [2.75, 3.05) is 18.4 Å². The summed E-state index contributed by atoms with van der Waals surface area (Å²) in [5, 5.41) is 3.54. The summed E-state index contributed by atoms with van der Waals surface area (Å²) in [4.78, 5) is 15.0. The Balaban J connectivity index is 2.21. The summed E-state index contributed by atoms with van der Waals surface area (Å²) in [7, 11) is 0. The Bertz CT molecular complexity index is 595. The van der Waals surface area contributed by atoms with Crippen LogP contribution in [0.25, 0.3) is 0 Å². The SMILES string of the molecule is Cc1c(NC(C)C(C)C)cccc1C(=O)N1CCC(N)C(C)(C)C1. The normalized spacial score (nSPS) is 21.7. The fourth-order valence-electron chi connectivity index (χ4n) is 3.15. The fourth-order valence-corrected chi connectivity index (χ4v) is 3.15. The molecule has 24 heavy (non-hydrogen) atoms. The van der Waals surface area contributed by atoms with E-state index in [0.717, 1.165) is 29.8 Å². The Labute approximate surface area is 146 Å². The molecule has 0 spiro atoms. The Hall–Kier alpha value is -1.55. The molecule has 1 aliphatic heterocycles. The minimum atomic E-state index is -0.0379. The zero-order valence-corrected chi connectivity index (χ0v) is 16.0. The summed E-state index contributed by atoms with van der Waals surface area (Å²) >= 11 is 0. The van der Waals surface area contributed by atoms with Gasteiger partial charge in [0.25, 0.3) is 5.91 Å². The Kier molecular flexibility index (Phi) is 5.59. The third-order valence-corrected chi connectivity index (χ3v) is 5.55. The quantitative estimate of drug-likeness (QED) is 0.885. The van der Waals surface area contributed by atoms with Crippen LogP contribution < -0.4 is 11.1 Å². The molecule has 2 unspecified atom stereocenters. The van der Waals surface area contributed by atoms with E-state index in [9.17, 15) is 4.79 Å². The highest BCUT2D eigenvalue weighted by Gasteiger charge is 2.35. The number of nitrogens with two attached hydrogens (primary N) is 1. The van der Waals surface area contributed by atoms with Crippen LogP contribution in [0, 0.1) is 18.3 Å². The van der Waals surface area contributed by atoms with E-state index in [1.54, 1.807) is 0 Å². The van der Waals surface area contributed by atoms with Gasteiger partial charge in [0.1, 0.15) is 0 Å². The molecule has 1 amide bonds. The molecule has 0 radical (unpaired) electrons. The van der Waals surface area contributed by atoms with E-state index >= 15 is 0 Å². The van der Waals surface area contributed by atoms with E-state index in [4.69, 9.17) is 5.73 Å². The first-order valence-electron chi connectivity index (χ1n) is 9.04. The van der Waals surface area contributed by atoms with Crippen LogP contribution in [0.5, 0.6) is 0 Å². The molecule has 0 aliphatic carbocycles. The van der Waals surface area contributed by atoms with Gasteiger partial charge in [-0.1, -0.05) is 33.8 Å². The van der Waals surface area contributed by atoms with E-state index in [-0.39, 0.29) is 17.4 Å². The highest BCUT2D eigenvalue weighted by Crippen LogP contribution is 2.30. The van der Waals surface area contributed by atoms with E-state index in [1.165, 1.54) is 0 Å². The lowest BCUT2D eigenvalue weighted by atomic mass is 9.79. The number of anilines is 1. The molecule has 1 aliphatic rings. The minimum absolute atomic E-state index is 0.0379. The average molecular weight is 332 g/mol. The van der Waals surface area contributed by atoms with Gasteiger partial charge in [-0.25, -0.2) is 0 Å². The number of amides is 1. The molecule has 1 aromatic rings. The molecule has 2 rings (SSSR count). The van der Waals surface area contributed by atoms with Crippen LogP contribution in [-0.4, -0.2) is 36.0 Å². The maximum absolute atomic E-state index is 13.0. The van der Waals surface area contributed by atoms with Crippen LogP contribution in [0.3, 0.4) is 0 Å². The van der Waals surface area contributed by atoms with Crippen molar-refractivity contribution in [1.29, 1.82) is 0 Å². The van der Waals surface area contributed by atoms with Crippen molar-refractivity contribution in [3.63, 3.8) is 0 Å². The number of nitrogens with one attached hydrogen (secondary N) is 1. The molecule has 1 saturated heterocycles. The van der Waals surface area contributed by atoms with Gasteiger partial charge in [-0.15, -0.1) is 0 Å². The van der Waals surface area contributed by atoms with Gasteiger partial charge in [-0.2, -0.15) is 0 Å². The van der Waals surface area contributed by atoms with Crippen molar-refractivity contribution in [3.8, 4) is 0 Å². The summed E-state index contributed by atoms with van der Waals surface area (Å²) in [5.74, 6) is 0.654. The van der Waals surface area contributed by atoms with Crippen LogP contribution >= 0.6 is 0 Å². The van der Waals surface area contributed by atoms with Crippen molar-refractivity contribution in [2.45, 2.75) is 60.0 Å². The van der Waals surface area contributed by atoms with Crippen LogP contribution in [0.2, 0.25) is 0 Å². The van der Waals surface area contributed by atoms with Gasteiger partial charge in [0.15, 0.2) is 0 Å². The predicted octanol–water partition coefficient (Wildman–Crippen LogP) is 3.65. The van der Waals surface area contributed by atoms with Crippen LogP contribution in [0.4, 0.5) is 5.69 Å². The summed E-state index contributed by atoms with van der Waals surface area (Å²) in [6.07, 6.45) is 0.861. The first kappa shape index (κ1) is 18.8. The highest BCUT2D eigenvalue weighted by molar-refractivity contribution is 5.97. The van der Waals surface area contributed by atoms with Crippen LogP contribution in [0.15, 0.2) is 18.2 Å². The Morgan fingerprint density at radius 1 is 1.33 bits per heavy atom. The Morgan fingerprint density at radius 3 is 2.58 bits per heavy atom. The second kappa shape index (κ2) is 7.14. The van der Waals surface area contributed by atoms with E-state index in [2.05, 4.69) is 46.0 Å². The van der Waals surface area contributed by atoms with Gasteiger partial charge in [0, 0.05) is 36.4 Å². The molecule has 3 N–H and O–H groups in total. The summed E-state index contributed by atoms with van der Waals surface area (Å²) in [6.45, 7) is 14.3. The molecule has 0 bridgehead atoms. The molecule has 0 aromatic heterocycles. The highest BCUT2D eigenvalue weighted by atomic mass is 16.2. The molecule has 0 saturated carbocycles. The minimum Gasteiger partial charge on any atom is -0.382 e. The van der Waals surface area contributed by atoms with E-state index in [0.29, 0.717) is 18.5 Å². The van der Waals surface area contributed by atoms with Crippen LogP contribution in [0.1, 0.15) is 57.0 Å². The zero-order valence-electron chi connectivity index (χ0n) is 16.0. The lowest BCUT2D eigenvalue weighted by Crippen LogP contribution is -2.54. The van der Waals surface area contributed by atoms with Gasteiger partial charge in [-0.3, -0.25) is 4.79 Å². The zero-order chi connectivity index (χ0) is 18.1. The predicted molar refractivity (Wildman–Crippen MR) is 101 cm³/mol. The van der Waals surface area contributed by atoms with Crippen molar-refractivity contribution in [2.24, 2.45) is 17.1 Å². The lowest BCUT2D eigenvalue weighted by molar-refractivity contribution is 0.0532. The van der Waals surface area contributed by atoms with Gasteiger partial charge in [0.2, 0.25) is 0 Å². The number of carbonyl (C=O) groups is 1. The number of likely N-dealkylation sites (tertiary alicyclic amines) is 1. The van der Waals surface area contributed by atoms with Gasteiger partial charge in [-0.05, 0) is 49.3 Å². The van der Waals surface area contributed by atoms with Crippen molar-refractivity contribution in [1.82, 2.24) is 4.90 Å². The van der Waals surface area contributed by atoms with Gasteiger partial charge < -0.3 is 16.0 Å². The van der Waals surface area contributed by atoms with E-state index < -0.39 is 0 Å². The molecule has 2 atom stereocenters. The molecule has 4 nitrogen and oxygen atoms in total. The molecular weight excluding hydrogens is 298 g/mol. The van der Waals surface area contributed by atoms with Crippen LogP contribution in [-0.2, 0) is 0 Å². The first-order chi connectivity index (χ1) is 11.1. The second-order valence-corrected chi connectivity index (χ2v) is 8.27. The lowest BCUT2D eigenvalue weighted by Gasteiger charge is -2.42. The third kappa shape index (κ3) is 3.92. The number of nitrogens with zero attached hydrogens (tertiary/aromatic N) is 1. The average Bonchev–Trinajstić information content (AvgIpc) is 2.51. The van der Waals surface area contributed by atoms with Crippen molar-refractivity contribution >= 4 is 11.6 Å². The van der Waals surface area contributed by atoms with Crippen molar-refractivity contribution < 1.29 is 4.79 Å². The number of rotatable bonds is 4. The van der Waals surface area contributed by atoms with Gasteiger partial charge in [0.05, 0.1) is 0 Å². The topological polar surface area (TPSA) is 58.4 Å². The number of hydrogen-bond acceptors (Lipinski definition) is 3. The molecule has 134 valence electrons.